The molecule has 33 heavy (non-hydrogen) atoms. The molecule has 184 valence electrons. The van der Waals surface area contributed by atoms with Gasteiger partial charge in [-0.2, -0.15) is 0 Å². The minimum absolute atomic E-state index is 0.231. The van der Waals surface area contributed by atoms with E-state index in [1.54, 1.807) is 0 Å². The molecule has 1 aromatic rings. The van der Waals surface area contributed by atoms with E-state index in [0.29, 0.717) is 12.6 Å². The first-order valence-corrected chi connectivity index (χ1v) is 12.7. The summed E-state index contributed by atoms with van der Waals surface area (Å²) in [6, 6.07) is 6.92. The molecule has 4 nitrogen and oxygen atoms in total. The van der Waals surface area contributed by atoms with Crippen molar-refractivity contribution in [3.8, 4) is 5.75 Å². The van der Waals surface area contributed by atoms with E-state index >= 15 is 0 Å². The second kappa shape index (κ2) is 13.9. The summed E-state index contributed by atoms with van der Waals surface area (Å²) in [5.41, 5.74) is 3.46. The molecule has 1 heterocycles. The molecular formula is C28H43ClN2O2. The Morgan fingerprint density at radius 1 is 1.24 bits per heavy atom. The Hall–Kier alpha value is -1.62. The van der Waals surface area contributed by atoms with Gasteiger partial charge in [0.1, 0.15) is 12.0 Å². The van der Waals surface area contributed by atoms with Crippen molar-refractivity contribution < 1.29 is 9.53 Å². The first kappa shape index (κ1) is 27.6. The van der Waals surface area contributed by atoms with Gasteiger partial charge in [-0.15, -0.1) is 0 Å². The number of halogens is 1. The van der Waals surface area contributed by atoms with E-state index in [2.05, 4.69) is 54.5 Å². The molecule has 0 amide bonds. The van der Waals surface area contributed by atoms with Gasteiger partial charge in [-0.05, 0) is 95.3 Å². The second-order valence-corrected chi connectivity index (χ2v) is 10.5. The summed E-state index contributed by atoms with van der Waals surface area (Å²) in [5, 5.41) is 4.43. The summed E-state index contributed by atoms with van der Waals surface area (Å²) in [5.74, 6) is 0.953. The lowest BCUT2D eigenvalue weighted by molar-refractivity contribution is -0.115. The van der Waals surface area contributed by atoms with E-state index in [-0.39, 0.29) is 5.41 Å². The van der Waals surface area contributed by atoms with Gasteiger partial charge in [-0.25, -0.2) is 0 Å². The minimum atomic E-state index is -0.231. The lowest BCUT2D eigenvalue weighted by atomic mass is 9.90. The normalized spacial score (nSPS) is 17.5. The Labute approximate surface area is 206 Å². The molecule has 1 saturated heterocycles. The van der Waals surface area contributed by atoms with Crippen molar-refractivity contribution in [3.63, 3.8) is 0 Å². The number of benzene rings is 1. The van der Waals surface area contributed by atoms with Crippen LogP contribution in [0.5, 0.6) is 5.75 Å². The van der Waals surface area contributed by atoms with E-state index < -0.39 is 0 Å². The number of carbonyl (C=O) groups is 1. The van der Waals surface area contributed by atoms with Gasteiger partial charge >= 0.3 is 0 Å². The van der Waals surface area contributed by atoms with Crippen LogP contribution in [0.15, 0.2) is 41.0 Å². The quantitative estimate of drug-likeness (QED) is 0.341. The van der Waals surface area contributed by atoms with Crippen molar-refractivity contribution in [2.24, 2.45) is 5.41 Å². The van der Waals surface area contributed by atoms with E-state index in [0.717, 1.165) is 54.9 Å². The molecule has 2 aliphatic rings. The minimum Gasteiger partial charge on any atom is -0.493 e. The topological polar surface area (TPSA) is 41.6 Å². The van der Waals surface area contributed by atoms with E-state index in [9.17, 15) is 4.79 Å². The Morgan fingerprint density at radius 2 is 1.97 bits per heavy atom. The molecule has 1 N–H and O–H groups in total. The molecule has 1 fully saturated rings. The second-order valence-electron chi connectivity index (χ2n) is 10.0. The summed E-state index contributed by atoms with van der Waals surface area (Å²) in [6.07, 6.45) is 11.9. The number of aldehydes is 1. The smallest absolute Gasteiger partial charge is 0.125 e. The molecule has 3 rings (SSSR count). The maximum Gasteiger partial charge on any atom is 0.125 e. The molecule has 0 unspecified atom stereocenters. The number of nitrogens with zero attached hydrogens (tertiary/aromatic N) is 1. The first-order valence-electron chi connectivity index (χ1n) is 12.3. The fourth-order valence-electron chi connectivity index (χ4n) is 4.08. The molecule has 0 saturated carbocycles. The van der Waals surface area contributed by atoms with Crippen molar-refractivity contribution in [2.75, 3.05) is 33.3 Å². The van der Waals surface area contributed by atoms with Crippen molar-refractivity contribution in [2.45, 2.75) is 72.3 Å². The first-order chi connectivity index (χ1) is 15.7. The van der Waals surface area contributed by atoms with Gasteiger partial charge in [0.2, 0.25) is 0 Å². The fourth-order valence-corrected chi connectivity index (χ4v) is 4.31. The monoisotopic (exact) mass is 474 g/mol. The molecular weight excluding hydrogens is 432 g/mol. The summed E-state index contributed by atoms with van der Waals surface area (Å²) in [6.45, 7) is 12.1. The standard InChI is InChI=1S/C15H22O2.C13H21ClN2/c1-12-6-7-13(2)14(10-12)17-9-5-8-15(3,4)11-16;1-15-12-6-8-16(9-7-12)10-11-4-2-3-5-13(11)14/h6-7,10-11H,5,8-9H2,1-4H3;2,4,12,15H,3,5-10H2,1H3. The van der Waals surface area contributed by atoms with Crippen molar-refractivity contribution in [3.05, 3.63) is 52.1 Å². The number of rotatable bonds is 9. The third-order valence-corrected chi connectivity index (χ3v) is 6.91. The predicted octanol–water partition coefficient (Wildman–Crippen LogP) is 6.20. The van der Waals surface area contributed by atoms with Crippen molar-refractivity contribution in [1.29, 1.82) is 0 Å². The van der Waals surface area contributed by atoms with Crippen LogP contribution in [0.4, 0.5) is 0 Å². The van der Waals surface area contributed by atoms with E-state index in [4.69, 9.17) is 16.3 Å². The highest BCUT2D eigenvalue weighted by Crippen LogP contribution is 2.24. The highest BCUT2D eigenvalue weighted by molar-refractivity contribution is 6.30. The van der Waals surface area contributed by atoms with Crippen LogP contribution in [-0.4, -0.2) is 50.5 Å². The summed E-state index contributed by atoms with van der Waals surface area (Å²) >= 11 is 6.25. The van der Waals surface area contributed by atoms with Gasteiger partial charge in [0.05, 0.1) is 6.61 Å². The van der Waals surface area contributed by atoms with E-state index in [1.165, 1.54) is 37.1 Å². The number of likely N-dealkylation sites (tertiary alicyclic amines) is 1. The van der Waals surface area contributed by atoms with Gasteiger partial charge in [0.15, 0.2) is 0 Å². The number of ether oxygens (including phenoxy) is 1. The van der Waals surface area contributed by atoms with Gasteiger partial charge < -0.3 is 14.8 Å². The summed E-state index contributed by atoms with van der Waals surface area (Å²) < 4.78 is 5.74. The zero-order chi connectivity index (χ0) is 24.3. The van der Waals surface area contributed by atoms with Gasteiger partial charge in [-0.3, -0.25) is 4.90 Å². The van der Waals surface area contributed by atoms with Crippen molar-refractivity contribution >= 4 is 17.9 Å². The molecule has 1 aliphatic heterocycles. The molecule has 0 aromatic heterocycles. The van der Waals surface area contributed by atoms with Crippen LogP contribution in [0.2, 0.25) is 0 Å². The van der Waals surface area contributed by atoms with Crippen LogP contribution >= 0.6 is 11.6 Å². The highest BCUT2D eigenvalue weighted by atomic mass is 35.5. The molecule has 5 heteroatoms. The number of aryl methyl sites for hydroxylation is 2. The largest absolute Gasteiger partial charge is 0.493 e. The zero-order valence-electron chi connectivity index (χ0n) is 21.3. The third-order valence-electron chi connectivity index (χ3n) is 6.47. The summed E-state index contributed by atoms with van der Waals surface area (Å²) in [4.78, 5) is 13.3. The van der Waals surface area contributed by atoms with Gasteiger partial charge in [-0.1, -0.05) is 49.7 Å². The predicted molar refractivity (Wildman–Crippen MR) is 140 cm³/mol. The summed E-state index contributed by atoms with van der Waals surface area (Å²) in [7, 11) is 2.06. The lowest BCUT2D eigenvalue weighted by Crippen LogP contribution is -2.41. The Balaban J connectivity index is 0.000000234. The molecule has 0 spiro atoms. The Bertz CT molecular complexity index is 808. The molecule has 0 atom stereocenters. The lowest BCUT2D eigenvalue weighted by Gasteiger charge is -2.32. The average Bonchev–Trinajstić information content (AvgIpc) is 2.81. The molecule has 1 aromatic carbocycles. The number of hydrogen-bond acceptors (Lipinski definition) is 4. The van der Waals surface area contributed by atoms with Gasteiger partial charge in [0, 0.05) is 23.0 Å². The number of nitrogens with one attached hydrogen (secondary N) is 1. The van der Waals surface area contributed by atoms with Crippen LogP contribution in [0.3, 0.4) is 0 Å². The van der Waals surface area contributed by atoms with Crippen LogP contribution in [0.25, 0.3) is 0 Å². The molecule has 0 radical (unpaired) electrons. The number of carbonyl (C=O) groups excluding carboxylic acids is 1. The SMILES string of the molecule is CNC1CCN(CC2=C(Cl)CCC=C2)CC1.Cc1ccc(C)c(OCCCC(C)(C)C=O)c1. The zero-order valence-corrected chi connectivity index (χ0v) is 22.0. The van der Waals surface area contributed by atoms with Crippen molar-refractivity contribution in [1.82, 2.24) is 10.2 Å². The Morgan fingerprint density at radius 3 is 2.61 bits per heavy atom. The van der Waals surface area contributed by atoms with Crippen LogP contribution in [0.1, 0.15) is 63.5 Å². The highest BCUT2D eigenvalue weighted by Gasteiger charge is 2.19. The average molecular weight is 475 g/mol. The number of piperidine rings is 1. The van der Waals surface area contributed by atoms with E-state index in [1.807, 2.05) is 20.8 Å². The Kier molecular flexibility index (Phi) is 11.7. The van der Waals surface area contributed by atoms with Gasteiger partial charge in [0.25, 0.3) is 0 Å². The number of allylic oxidation sites excluding steroid dienone is 2. The maximum absolute atomic E-state index is 10.7. The molecule has 1 aliphatic carbocycles. The number of hydrogen-bond donors (Lipinski definition) is 1. The maximum atomic E-state index is 10.7. The molecule has 0 bridgehead atoms. The third kappa shape index (κ3) is 10.0. The van der Waals surface area contributed by atoms with Crippen LogP contribution in [-0.2, 0) is 4.79 Å². The van der Waals surface area contributed by atoms with Crippen LogP contribution in [0, 0.1) is 19.3 Å². The van der Waals surface area contributed by atoms with Crippen LogP contribution < -0.4 is 10.1 Å². The fraction of sp³-hybridized carbons (Fsp3) is 0.607.